The number of rotatable bonds is 5. The molecule has 0 saturated heterocycles. The maximum absolute atomic E-state index is 12.5. The van der Waals surface area contributed by atoms with Gasteiger partial charge in [-0.25, -0.2) is 4.98 Å². The Bertz CT molecular complexity index is 733. The van der Waals surface area contributed by atoms with Gasteiger partial charge in [0, 0.05) is 37.4 Å². The number of halogens is 4. The number of hydrogen-bond acceptors (Lipinski definition) is 3. The lowest BCUT2D eigenvalue weighted by Gasteiger charge is -2.11. The van der Waals surface area contributed by atoms with E-state index in [0.29, 0.717) is 35.9 Å². The van der Waals surface area contributed by atoms with Crippen LogP contribution in [0.2, 0.25) is 0 Å². The molecule has 1 aliphatic rings. The second-order valence-electron chi connectivity index (χ2n) is 5.88. The monoisotopic (exact) mass is 496 g/mol. The molecule has 9 heteroatoms. The van der Waals surface area contributed by atoms with E-state index in [1.807, 2.05) is 18.2 Å². The zero-order valence-corrected chi connectivity index (χ0v) is 17.2. The van der Waals surface area contributed by atoms with E-state index in [0.717, 1.165) is 23.1 Å². The molecule has 2 unspecified atom stereocenters. The maximum Gasteiger partial charge on any atom is 0.434 e. The first kappa shape index (κ1) is 20.9. The first-order valence-electron chi connectivity index (χ1n) is 8.01. The first-order chi connectivity index (χ1) is 12.0. The Hall–Kier alpha value is -1.36. The molecule has 142 valence electrons. The van der Waals surface area contributed by atoms with E-state index < -0.39 is 11.9 Å². The van der Waals surface area contributed by atoms with Crippen molar-refractivity contribution in [1.29, 1.82) is 0 Å². The molecule has 0 aliphatic heterocycles. The predicted molar refractivity (Wildman–Crippen MR) is 108 cm³/mol. The van der Waals surface area contributed by atoms with E-state index in [4.69, 9.17) is 0 Å². The highest BCUT2D eigenvalue weighted by molar-refractivity contribution is 14.0. The molecule has 0 amide bonds. The van der Waals surface area contributed by atoms with Gasteiger partial charge < -0.3 is 10.6 Å². The van der Waals surface area contributed by atoms with Crippen molar-refractivity contribution in [1.82, 2.24) is 15.6 Å². The highest BCUT2D eigenvalue weighted by atomic mass is 127. The van der Waals surface area contributed by atoms with Crippen LogP contribution >= 0.6 is 35.3 Å². The topological polar surface area (TPSA) is 49.3 Å². The quantitative estimate of drug-likeness (QED) is 0.373. The van der Waals surface area contributed by atoms with Crippen molar-refractivity contribution in [2.45, 2.75) is 31.0 Å². The Balaban J connectivity index is 0.00000243. The first-order valence-corrected chi connectivity index (χ1v) is 8.89. The maximum atomic E-state index is 12.5. The minimum Gasteiger partial charge on any atom is -0.356 e. The molecule has 26 heavy (non-hydrogen) atoms. The summed E-state index contributed by atoms with van der Waals surface area (Å²) in [5.74, 6) is 1.14. The summed E-state index contributed by atoms with van der Waals surface area (Å²) in [4.78, 5) is 7.79. The SMILES string of the molecule is CN=C(NCCc1nc(C(F)(F)F)cs1)NC1CC1c1ccccc1.I. The van der Waals surface area contributed by atoms with Gasteiger partial charge in [-0.3, -0.25) is 4.99 Å². The number of benzene rings is 1. The van der Waals surface area contributed by atoms with Gasteiger partial charge in [-0.15, -0.1) is 35.3 Å². The van der Waals surface area contributed by atoms with Gasteiger partial charge in [0.2, 0.25) is 0 Å². The lowest BCUT2D eigenvalue weighted by Crippen LogP contribution is -2.39. The number of hydrogen-bond donors (Lipinski definition) is 2. The lowest BCUT2D eigenvalue weighted by atomic mass is 10.1. The third kappa shape index (κ3) is 5.57. The van der Waals surface area contributed by atoms with Crippen LogP contribution in [0.25, 0.3) is 0 Å². The number of nitrogens with one attached hydrogen (secondary N) is 2. The number of alkyl halides is 3. The van der Waals surface area contributed by atoms with Crippen molar-refractivity contribution in [3.63, 3.8) is 0 Å². The summed E-state index contributed by atoms with van der Waals surface area (Å²) >= 11 is 1.03. The second-order valence-corrected chi connectivity index (χ2v) is 6.82. The van der Waals surface area contributed by atoms with Crippen LogP contribution in [0.1, 0.15) is 28.6 Å². The Morgan fingerprint density at radius 1 is 1.31 bits per heavy atom. The van der Waals surface area contributed by atoms with E-state index in [1.54, 1.807) is 7.05 Å². The van der Waals surface area contributed by atoms with Crippen LogP contribution in [-0.4, -0.2) is 30.6 Å². The van der Waals surface area contributed by atoms with Crippen LogP contribution in [0.4, 0.5) is 13.2 Å². The number of thiazole rings is 1. The second kappa shape index (κ2) is 9.03. The summed E-state index contributed by atoms with van der Waals surface area (Å²) in [7, 11) is 1.68. The summed E-state index contributed by atoms with van der Waals surface area (Å²) in [5.41, 5.74) is 0.483. The molecule has 4 nitrogen and oxygen atoms in total. The summed E-state index contributed by atoms with van der Waals surface area (Å²) in [6.45, 7) is 0.479. The molecule has 3 rings (SSSR count). The van der Waals surface area contributed by atoms with Crippen molar-refractivity contribution in [3.8, 4) is 0 Å². The standard InChI is InChI=1S/C17H19F3N4S.HI/c1-21-16(23-13-9-12(13)11-5-3-2-4-6-11)22-8-7-15-24-14(10-25-15)17(18,19)20;/h2-6,10,12-13H,7-9H2,1H3,(H2,21,22,23);1H. The highest BCUT2D eigenvalue weighted by Crippen LogP contribution is 2.40. The van der Waals surface area contributed by atoms with Gasteiger partial charge in [-0.05, 0) is 12.0 Å². The summed E-state index contributed by atoms with van der Waals surface area (Å²) in [6.07, 6.45) is -2.90. The van der Waals surface area contributed by atoms with Gasteiger partial charge in [-0.2, -0.15) is 13.2 Å². The molecule has 2 atom stereocenters. The van der Waals surface area contributed by atoms with Crippen molar-refractivity contribution >= 4 is 41.3 Å². The average Bonchev–Trinajstić information content (AvgIpc) is 3.18. The Morgan fingerprint density at radius 2 is 2.04 bits per heavy atom. The van der Waals surface area contributed by atoms with Gasteiger partial charge in [-0.1, -0.05) is 30.3 Å². The Labute approximate surface area is 171 Å². The van der Waals surface area contributed by atoms with Gasteiger partial charge >= 0.3 is 6.18 Å². The molecule has 2 aromatic rings. The van der Waals surface area contributed by atoms with Crippen LogP contribution in [0.3, 0.4) is 0 Å². The molecule has 1 aromatic carbocycles. The van der Waals surface area contributed by atoms with Crippen molar-refractivity contribution < 1.29 is 13.2 Å². The smallest absolute Gasteiger partial charge is 0.356 e. The summed E-state index contributed by atoms with van der Waals surface area (Å²) < 4.78 is 37.6. The largest absolute Gasteiger partial charge is 0.434 e. The molecule has 0 spiro atoms. The molecule has 0 bridgehead atoms. The molecule has 1 aliphatic carbocycles. The van der Waals surface area contributed by atoms with Gasteiger partial charge in [0.1, 0.15) is 0 Å². The fraction of sp³-hybridized carbons (Fsp3) is 0.412. The third-order valence-corrected chi connectivity index (χ3v) is 4.95. The number of aromatic nitrogens is 1. The summed E-state index contributed by atoms with van der Waals surface area (Å²) in [5, 5.41) is 7.99. The molecule has 1 heterocycles. The van der Waals surface area contributed by atoms with Crippen LogP contribution in [0.15, 0.2) is 40.7 Å². The predicted octanol–water partition coefficient (Wildman–Crippen LogP) is 4.04. The van der Waals surface area contributed by atoms with E-state index in [9.17, 15) is 13.2 Å². The van der Waals surface area contributed by atoms with Gasteiger partial charge in [0.25, 0.3) is 0 Å². The van der Waals surface area contributed by atoms with Crippen LogP contribution in [0, 0.1) is 0 Å². The normalized spacial score (nSPS) is 19.6. The third-order valence-electron chi connectivity index (χ3n) is 4.04. The molecular formula is C17H20F3IN4S. The molecule has 2 N–H and O–H groups in total. The van der Waals surface area contributed by atoms with E-state index in [-0.39, 0.29) is 24.0 Å². The fourth-order valence-corrected chi connectivity index (χ4v) is 3.44. The van der Waals surface area contributed by atoms with Crippen LogP contribution in [-0.2, 0) is 12.6 Å². The summed E-state index contributed by atoms with van der Waals surface area (Å²) in [6, 6.07) is 10.6. The minimum atomic E-state index is -4.38. The average molecular weight is 496 g/mol. The number of aliphatic imine (C=N–C) groups is 1. The van der Waals surface area contributed by atoms with Crippen molar-refractivity contribution in [2.24, 2.45) is 4.99 Å². The van der Waals surface area contributed by atoms with E-state index in [1.165, 1.54) is 5.56 Å². The van der Waals surface area contributed by atoms with Crippen LogP contribution in [0.5, 0.6) is 0 Å². The molecule has 1 aromatic heterocycles. The minimum absolute atomic E-state index is 0. The zero-order chi connectivity index (χ0) is 17.9. The van der Waals surface area contributed by atoms with E-state index >= 15 is 0 Å². The number of guanidine groups is 1. The van der Waals surface area contributed by atoms with Crippen LogP contribution < -0.4 is 10.6 Å². The molecular weight excluding hydrogens is 476 g/mol. The number of nitrogens with zero attached hydrogens (tertiary/aromatic N) is 2. The molecule has 1 saturated carbocycles. The fourth-order valence-electron chi connectivity index (χ4n) is 2.64. The highest BCUT2D eigenvalue weighted by Gasteiger charge is 2.38. The molecule has 1 fully saturated rings. The van der Waals surface area contributed by atoms with Crippen molar-refractivity contribution in [3.05, 3.63) is 52.0 Å². The lowest BCUT2D eigenvalue weighted by molar-refractivity contribution is -0.140. The van der Waals surface area contributed by atoms with Gasteiger partial charge in [0.05, 0.1) is 5.01 Å². The van der Waals surface area contributed by atoms with Crippen molar-refractivity contribution in [2.75, 3.05) is 13.6 Å². The zero-order valence-electron chi connectivity index (χ0n) is 14.1. The Morgan fingerprint density at radius 3 is 2.65 bits per heavy atom. The van der Waals surface area contributed by atoms with E-state index in [2.05, 4.69) is 32.7 Å². The van der Waals surface area contributed by atoms with Gasteiger partial charge in [0.15, 0.2) is 11.7 Å². The molecule has 0 radical (unpaired) electrons. The Kier molecular flexibility index (Phi) is 7.27.